The van der Waals surface area contributed by atoms with E-state index in [0.717, 1.165) is 16.5 Å². The number of anilines is 1. The van der Waals surface area contributed by atoms with Crippen LogP contribution in [0.4, 0.5) is 5.69 Å². The van der Waals surface area contributed by atoms with Crippen LogP contribution in [0.1, 0.15) is 16.1 Å². The summed E-state index contributed by atoms with van der Waals surface area (Å²) < 4.78 is 0. The first-order chi connectivity index (χ1) is 9.65. The number of hydrogen-bond donors (Lipinski definition) is 2. The zero-order chi connectivity index (χ0) is 14.1. The van der Waals surface area contributed by atoms with Gasteiger partial charge < -0.3 is 10.3 Å². The molecule has 0 aliphatic carbocycles. The van der Waals surface area contributed by atoms with E-state index in [1.807, 2.05) is 31.2 Å². The van der Waals surface area contributed by atoms with Crippen LogP contribution in [0.15, 0.2) is 36.7 Å². The van der Waals surface area contributed by atoms with Gasteiger partial charge in [-0.3, -0.25) is 4.79 Å². The van der Waals surface area contributed by atoms with Gasteiger partial charge in [0.25, 0.3) is 5.91 Å². The summed E-state index contributed by atoms with van der Waals surface area (Å²) in [6.07, 6.45) is 2.93. The van der Waals surface area contributed by atoms with Crippen molar-refractivity contribution in [3.8, 4) is 0 Å². The third kappa shape index (κ3) is 2.23. The third-order valence-electron chi connectivity index (χ3n) is 3.07. The minimum Gasteiger partial charge on any atom is -0.350 e. The van der Waals surface area contributed by atoms with Gasteiger partial charge >= 0.3 is 0 Å². The van der Waals surface area contributed by atoms with Crippen molar-refractivity contribution in [3.05, 3.63) is 53.2 Å². The maximum absolute atomic E-state index is 12.3. The van der Waals surface area contributed by atoms with Crippen molar-refractivity contribution in [1.29, 1.82) is 0 Å². The zero-order valence-corrected chi connectivity index (χ0v) is 11.4. The van der Waals surface area contributed by atoms with E-state index < -0.39 is 0 Å². The fourth-order valence-electron chi connectivity index (χ4n) is 2.08. The summed E-state index contributed by atoms with van der Waals surface area (Å²) in [6, 6.07) is 7.78. The van der Waals surface area contributed by atoms with Crippen molar-refractivity contribution >= 4 is 34.1 Å². The summed E-state index contributed by atoms with van der Waals surface area (Å²) in [5.41, 5.74) is 2.87. The first kappa shape index (κ1) is 12.6. The molecular formula is C14H11ClN4O. The number of fused-ring (bicyclic) bond motifs is 1. The molecule has 0 aliphatic rings. The largest absolute Gasteiger partial charge is 0.350 e. The molecule has 1 amide bonds. The number of H-pyrrole nitrogens is 1. The van der Waals surface area contributed by atoms with Gasteiger partial charge in [-0.25, -0.2) is 9.97 Å². The van der Waals surface area contributed by atoms with E-state index in [2.05, 4.69) is 20.3 Å². The predicted molar refractivity (Wildman–Crippen MR) is 78.0 cm³/mol. The fourth-order valence-corrected chi connectivity index (χ4v) is 2.18. The molecule has 0 radical (unpaired) electrons. The molecule has 3 aromatic rings. The highest BCUT2D eigenvalue weighted by molar-refractivity contribution is 6.28. The molecule has 2 heterocycles. The Kier molecular flexibility index (Phi) is 3.12. The number of aromatic nitrogens is 3. The minimum absolute atomic E-state index is 0.143. The molecular weight excluding hydrogens is 276 g/mol. The first-order valence-corrected chi connectivity index (χ1v) is 6.39. The van der Waals surface area contributed by atoms with Crippen molar-refractivity contribution in [3.63, 3.8) is 0 Å². The second kappa shape index (κ2) is 4.94. The number of carbonyl (C=O) groups excluding carboxylic acids is 1. The molecule has 2 aromatic heterocycles. The highest BCUT2D eigenvalue weighted by Gasteiger charge is 2.14. The molecule has 0 aliphatic heterocycles. The van der Waals surface area contributed by atoms with Gasteiger partial charge in [-0.05, 0) is 30.2 Å². The van der Waals surface area contributed by atoms with E-state index >= 15 is 0 Å². The predicted octanol–water partition coefficient (Wildman–Crippen LogP) is 3.17. The van der Waals surface area contributed by atoms with Crippen LogP contribution in [0.5, 0.6) is 0 Å². The lowest BCUT2D eigenvalue weighted by molar-refractivity contribution is 0.102. The normalized spacial score (nSPS) is 10.7. The summed E-state index contributed by atoms with van der Waals surface area (Å²) in [7, 11) is 0. The molecule has 5 nitrogen and oxygen atoms in total. The summed E-state index contributed by atoms with van der Waals surface area (Å²) >= 11 is 5.60. The first-order valence-electron chi connectivity index (χ1n) is 6.01. The number of carbonyl (C=O) groups is 1. The molecule has 3 rings (SSSR count). The lowest BCUT2D eigenvalue weighted by Gasteiger charge is -2.03. The van der Waals surface area contributed by atoms with E-state index in [-0.39, 0.29) is 11.2 Å². The molecule has 0 unspecified atom stereocenters. The Hall–Kier alpha value is -2.40. The average molecular weight is 287 g/mol. The molecule has 1 aromatic carbocycles. The van der Waals surface area contributed by atoms with Crippen LogP contribution in [0.3, 0.4) is 0 Å². The number of aromatic amines is 1. The van der Waals surface area contributed by atoms with Crippen molar-refractivity contribution in [2.75, 3.05) is 5.32 Å². The van der Waals surface area contributed by atoms with E-state index in [0.29, 0.717) is 11.4 Å². The second-order valence-electron chi connectivity index (χ2n) is 4.37. The van der Waals surface area contributed by atoms with Gasteiger partial charge in [0.15, 0.2) is 0 Å². The molecule has 0 fully saturated rings. The number of amides is 1. The zero-order valence-electron chi connectivity index (χ0n) is 10.6. The van der Waals surface area contributed by atoms with E-state index in [1.54, 1.807) is 0 Å². The number of nitrogens with zero attached hydrogens (tertiary/aromatic N) is 2. The van der Waals surface area contributed by atoms with Gasteiger partial charge in [0.2, 0.25) is 5.28 Å². The van der Waals surface area contributed by atoms with Gasteiger partial charge in [-0.2, -0.15) is 0 Å². The van der Waals surface area contributed by atoms with Crippen LogP contribution in [0, 0.1) is 6.92 Å². The van der Waals surface area contributed by atoms with E-state index in [4.69, 9.17) is 11.6 Å². The molecule has 2 N–H and O–H groups in total. The van der Waals surface area contributed by atoms with Crippen LogP contribution < -0.4 is 5.32 Å². The lowest BCUT2D eigenvalue weighted by Crippen LogP contribution is -2.13. The lowest BCUT2D eigenvalue weighted by atomic mass is 10.1. The van der Waals surface area contributed by atoms with Crippen LogP contribution in [-0.4, -0.2) is 20.9 Å². The summed E-state index contributed by atoms with van der Waals surface area (Å²) in [4.78, 5) is 23.0. The Morgan fingerprint density at radius 2 is 1.95 bits per heavy atom. The smallest absolute Gasteiger partial charge is 0.272 e. The number of para-hydroxylation sites is 1. The maximum Gasteiger partial charge on any atom is 0.272 e. The van der Waals surface area contributed by atoms with Gasteiger partial charge in [0.05, 0.1) is 18.1 Å². The Morgan fingerprint density at radius 1 is 1.25 bits per heavy atom. The van der Waals surface area contributed by atoms with Crippen molar-refractivity contribution < 1.29 is 4.79 Å². The topological polar surface area (TPSA) is 70.7 Å². The highest BCUT2D eigenvalue weighted by Crippen LogP contribution is 2.22. The van der Waals surface area contributed by atoms with Gasteiger partial charge in [-0.1, -0.05) is 18.2 Å². The summed E-state index contributed by atoms with van der Waals surface area (Å²) in [5, 5.41) is 3.91. The molecule has 0 bridgehead atoms. The molecule has 0 saturated carbocycles. The molecule has 6 heteroatoms. The van der Waals surface area contributed by atoms with Gasteiger partial charge in [0, 0.05) is 10.9 Å². The van der Waals surface area contributed by atoms with Crippen LogP contribution in [-0.2, 0) is 0 Å². The average Bonchev–Trinajstić information content (AvgIpc) is 2.79. The third-order valence-corrected chi connectivity index (χ3v) is 3.27. The number of hydrogen-bond acceptors (Lipinski definition) is 3. The van der Waals surface area contributed by atoms with Crippen molar-refractivity contribution in [2.45, 2.75) is 6.92 Å². The molecule has 0 spiro atoms. The maximum atomic E-state index is 12.3. The fraction of sp³-hybridized carbons (Fsp3) is 0.0714. The Labute approximate surface area is 120 Å². The molecule has 0 saturated heterocycles. The van der Waals surface area contributed by atoms with E-state index in [9.17, 15) is 4.79 Å². The van der Waals surface area contributed by atoms with Gasteiger partial charge in [0.1, 0.15) is 5.69 Å². The standard InChI is InChI=1S/C14H11ClN4O/c1-8-10-4-2-3-5-11(10)19-12(8)13(20)18-9-6-16-14(15)17-7-9/h2-7,19H,1H3,(H,18,20). The number of benzene rings is 1. The number of halogens is 1. The number of aryl methyl sites for hydroxylation is 1. The molecule has 0 atom stereocenters. The monoisotopic (exact) mass is 286 g/mol. The highest BCUT2D eigenvalue weighted by atomic mass is 35.5. The van der Waals surface area contributed by atoms with Crippen molar-refractivity contribution in [2.24, 2.45) is 0 Å². The van der Waals surface area contributed by atoms with Crippen LogP contribution >= 0.6 is 11.6 Å². The van der Waals surface area contributed by atoms with Gasteiger partial charge in [-0.15, -0.1) is 0 Å². The van der Waals surface area contributed by atoms with Crippen molar-refractivity contribution in [1.82, 2.24) is 15.0 Å². The summed E-state index contributed by atoms with van der Waals surface area (Å²) in [5.74, 6) is -0.232. The number of nitrogens with one attached hydrogen (secondary N) is 2. The molecule has 100 valence electrons. The second-order valence-corrected chi connectivity index (χ2v) is 4.70. The van der Waals surface area contributed by atoms with E-state index in [1.165, 1.54) is 12.4 Å². The van der Waals surface area contributed by atoms with Crippen LogP contribution in [0.2, 0.25) is 5.28 Å². The summed E-state index contributed by atoms with van der Waals surface area (Å²) in [6.45, 7) is 1.91. The van der Waals surface area contributed by atoms with Crippen LogP contribution in [0.25, 0.3) is 10.9 Å². The minimum atomic E-state index is -0.232. The quantitative estimate of drug-likeness (QED) is 0.711. The Bertz CT molecular complexity index is 779. The SMILES string of the molecule is Cc1c(C(=O)Nc2cnc(Cl)nc2)[nH]c2ccccc12. The Morgan fingerprint density at radius 3 is 2.65 bits per heavy atom. The number of rotatable bonds is 2. The molecule has 20 heavy (non-hydrogen) atoms. The Balaban J connectivity index is 1.92.